The number of ether oxygens (including phenoxy) is 1. The lowest BCUT2D eigenvalue weighted by atomic mass is 9.91. The van der Waals surface area contributed by atoms with Crippen LogP contribution in [-0.2, 0) is 4.79 Å². The molecule has 1 fully saturated rings. The van der Waals surface area contributed by atoms with Crippen molar-refractivity contribution < 1.29 is 9.53 Å². The van der Waals surface area contributed by atoms with E-state index >= 15 is 0 Å². The molecule has 2 aromatic rings. The van der Waals surface area contributed by atoms with Gasteiger partial charge < -0.3 is 9.64 Å². The van der Waals surface area contributed by atoms with E-state index in [4.69, 9.17) is 9.72 Å². The standard InChI is InChI=1S/C22H28N2O2/c1-15(2)22(25)24-10-6-8-18(14-24)21-13-19(11-16(3)23-21)17-7-5-9-20(12-17)26-4/h5,7,9,11-13,15,18H,6,8,10,14H2,1-4H3/t18-/m0/s1. The third kappa shape index (κ3) is 4.06. The summed E-state index contributed by atoms with van der Waals surface area (Å²) in [5.74, 6) is 1.45. The van der Waals surface area contributed by atoms with Gasteiger partial charge in [0.2, 0.25) is 5.91 Å². The van der Waals surface area contributed by atoms with E-state index in [1.807, 2.05) is 43.9 Å². The van der Waals surface area contributed by atoms with Crippen LogP contribution in [0.15, 0.2) is 36.4 Å². The number of methoxy groups -OCH3 is 1. The quantitative estimate of drug-likeness (QED) is 0.817. The Kier molecular flexibility index (Phi) is 5.60. The van der Waals surface area contributed by atoms with Crippen LogP contribution in [0.1, 0.15) is 44.0 Å². The number of aryl methyl sites for hydroxylation is 1. The normalized spacial score (nSPS) is 17.4. The van der Waals surface area contributed by atoms with Gasteiger partial charge in [-0.05, 0) is 55.2 Å². The van der Waals surface area contributed by atoms with E-state index < -0.39 is 0 Å². The summed E-state index contributed by atoms with van der Waals surface area (Å²) < 4.78 is 5.36. The Labute approximate surface area is 156 Å². The maximum atomic E-state index is 12.4. The minimum absolute atomic E-state index is 0.0477. The van der Waals surface area contributed by atoms with E-state index in [0.29, 0.717) is 5.92 Å². The summed E-state index contributed by atoms with van der Waals surface area (Å²) in [5.41, 5.74) is 4.37. The molecule has 3 rings (SSSR count). The van der Waals surface area contributed by atoms with Crippen LogP contribution in [0.4, 0.5) is 0 Å². The summed E-state index contributed by atoms with van der Waals surface area (Å²) in [6, 6.07) is 12.4. The van der Waals surface area contributed by atoms with Crippen molar-refractivity contribution in [1.29, 1.82) is 0 Å². The zero-order valence-electron chi connectivity index (χ0n) is 16.2. The highest BCUT2D eigenvalue weighted by atomic mass is 16.5. The molecule has 1 aromatic carbocycles. The first-order valence-electron chi connectivity index (χ1n) is 9.39. The van der Waals surface area contributed by atoms with Crippen LogP contribution in [-0.4, -0.2) is 36.0 Å². The van der Waals surface area contributed by atoms with Gasteiger partial charge in [-0.2, -0.15) is 0 Å². The molecular weight excluding hydrogens is 324 g/mol. The molecule has 4 nitrogen and oxygen atoms in total. The van der Waals surface area contributed by atoms with Crippen molar-refractivity contribution in [2.24, 2.45) is 5.92 Å². The number of carbonyl (C=O) groups is 1. The molecule has 1 saturated heterocycles. The van der Waals surface area contributed by atoms with Crippen LogP contribution in [0, 0.1) is 12.8 Å². The van der Waals surface area contributed by atoms with Crippen LogP contribution < -0.4 is 4.74 Å². The minimum atomic E-state index is 0.0477. The topological polar surface area (TPSA) is 42.4 Å². The fourth-order valence-electron chi connectivity index (χ4n) is 3.66. The average molecular weight is 352 g/mol. The number of benzene rings is 1. The van der Waals surface area contributed by atoms with E-state index in [1.165, 1.54) is 0 Å². The Morgan fingerprint density at radius 1 is 1.23 bits per heavy atom. The maximum Gasteiger partial charge on any atom is 0.225 e. The first-order valence-corrected chi connectivity index (χ1v) is 9.39. The van der Waals surface area contributed by atoms with Crippen molar-refractivity contribution in [3.63, 3.8) is 0 Å². The van der Waals surface area contributed by atoms with Crippen molar-refractivity contribution in [2.45, 2.75) is 39.5 Å². The minimum Gasteiger partial charge on any atom is -0.497 e. The second-order valence-electron chi connectivity index (χ2n) is 7.43. The van der Waals surface area contributed by atoms with E-state index in [1.54, 1.807) is 7.11 Å². The van der Waals surface area contributed by atoms with Gasteiger partial charge in [0.15, 0.2) is 0 Å². The van der Waals surface area contributed by atoms with Gasteiger partial charge in [-0.15, -0.1) is 0 Å². The molecule has 0 radical (unpaired) electrons. The van der Waals surface area contributed by atoms with Gasteiger partial charge in [0.1, 0.15) is 5.75 Å². The predicted octanol–water partition coefficient (Wildman–Crippen LogP) is 4.43. The predicted molar refractivity (Wildman–Crippen MR) is 104 cm³/mol. The number of rotatable bonds is 4. The third-order valence-corrected chi connectivity index (χ3v) is 5.02. The van der Waals surface area contributed by atoms with E-state index in [-0.39, 0.29) is 11.8 Å². The third-order valence-electron chi connectivity index (χ3n) is 5.02. The first kappa shape index (κ1) is 18.4. The molecule has 0 N–H and O–H groups in total. The van der Waals surface area contributed by atoms with Crippen LogP contribution in [0.5, 0.6) is 5.75 Å². The second-order valence-corrected chi connectivity index (χ2v) is 7.43. The Hall–Kier alpha value is -2.36. The molecule has 1 atom stereocenters. The van der Waals surface area contributed by atoms with E-state index in [2.05, 4.69) is 18.2 Å². The fraction of sp³-hybridized carbons (Fsp3) is 0.455. The maximum absolute atomic E-state index is 12.4. The van der Waals surface area contributed by atoms with Gasteiger partial charge in [0, 0.05) is 36.3 Å². The summed E-state index contributed by atoms with van der Waals surface area (Å²) in [4.78, 5) is 19.2. The Bertz CT molecular complexity index is 785. The van der Waals surface area contributed by atoms with Gasteiger partial charge in [-0.25, -0.2) is 0 Å². The molecule has 0 unspecified atom stereocenters. The molecule has 1 aromatic heterocycles. The number of hydrogen-bond donors (Lipinski definition) is 0. The van der Waals surface area contributed by atoms with Gasteiger partial charge in [-0.3, -0.25) is 9.78 Å². The summed E-state index contributed by atoms with van der Waals surface area (Å²) in [6.45, 7) is 7.61. The highest BCUT2D eigenvalue weighted by molar-refractivity contribution is 5.78. The number of pyridine rings is 1. The van der Waals surface area contributed by atoms with Crippen molar-refractivity contribution in [3.05, 3.63) is 47.8 Å². The number of aromatic nitrogens is 1. The van der Waals surface area contributed by atoms with Crippen LogP contribution in [0.25, 0.3) is 11.1 Å². The average Bonchev–Trinajstić information content (AvgIpc) is 2.67. The molecule has 26 heavy (non-hydrogen) atoms. The molecule has 2 heterocycles. The second kappa shape index (κ2) is 7.90. The van der Waals surface area contributed by atoms with Crippen molar-refractivity contribution >= 4 is 5.91 Å². The molecule has 4 heteroatoms. The molecule has 0 bridgehead atoms. The fourth-order valence-corrected chi connectivity index (χ4v) is 3.66. The molecule has 138 valence electrons. The first-order chi connectivity index (χ1) is 12.5. The monoisotopic (exact) mass is 352 g/mol. The highest BCUT2D eigenvalue weighted by Crippen LogP contribution is 2.31. The van der Waals surface area contributed by atoms with Crippen molar-refractivity contribution in [1.82, 2.24) is 9.88 Å². The van der Waals surface area contributed by atoms with Crippen LogP contribution in [0.3, 0.4) is 0 Å². The van der Waals surface area contributed by atoms with E-state index in [0.717, 1.165) is 54.2 Å². The van der Waals surface area contributed by atoms with E-state index in [9.17, 15) is 4.79 Å². The summed E-state index contributed by atoms with van der Waals surface area (Å²) in [6.07, 6.45) is 2.11. The lowest BCUT2D eigenvalue weighted by Gasteiger charge is -2.34. The Morgan fingerprint density at radius 3 is 2.77 bits per heavy atom. The summed E-state index contributed by atoms with van der Waals surface area (Å²) in [7, 11) is 1.69. The number of hydrogen-bond acceptors (Lipinski definition) is 3. The molecule has 0 aliphatic carbocycles. The zero-order chi connectivity index (χ0) is 18.7. The number of likely N-dealkylation sites (tertiary alicyclic amines) is 1. The smallest absolute Gasteiger partial charge is 0.225 e. The molecule has 0 saturated carbocycles. The number of amides is 1. The summed E-state index contributed by atoms with van der Waals surface area (Å²) >= 11 is 0. The van der Waals surface area contributed by atoms with Crippen LogP contribution >= 0.6 is 0 Å². The van der Waals surface area contributed by atoms with Crippen molar-refractivity contribution in [2.75, 3.05) is 20.2 Å². The number of carbonyl (C=O) groups excluding carboxylic acids is 1. The van der Waals surface area contributed by atoms with Crippen LogP contribution in [0.2, 0.25) is 0 Å². The number of nitrogens with zero attached hydrogens (tertiary/aromatic N) is 2. The largest absolute Gasteiger partial charge is 0.497 e. The molecule has 1 aliphatic rings. The molecular formula is C22H28N2O2. The Balaban J connectivity index is 1.88. The Morgan fingerprint density at radius 2 is 2.04 bits per heavy atom. The lowest BCUT2D eigenvalue weighted by molar-refractivity contribution is -0.135. The van der Waals surface area contributed by atoms with Crippen molar-refractivity contribution in [3.8, 4) is 16.9 Å². The van der Waals surface area contributed by atoms with Gasteiger partial charge in [0.05, 0.1) is 7.11 Å². The highest BCUT2D eigenvalue weighted by Gasteiger charge is 2.27. The molecule has 1 amide bonds. The van der Waals surface area contributed by atoms with Gasteiger partial charge >= 0.3 is 0 Å². The van der Waals surface area contributed by atoms with Gasteiger partial charge in [0.25, 0.3) is 0 Å². The zero-order valence-corrected chi connectivity index (χ0v) is 16.2. The van der Waals surface area contributed by atoms with Gasteiger partial charge in [-0.1, -0.05) is 26.0 Å². The number of piperidine rings is 1. The molecule has 0 spiro atoms. The molecule has 1 aliphatic heterocycles. The summed E-state index contributed by atoms with van der Waals surface area (Å²) in [5, 5.41) is 0. The SMILES string of the molecule is COc1cccc(-c2cc(C)nc([C@H]3CCCN(C(=O)C(C)C)C3)c2)c1. The lowest BCUT2D eigenvalue weighted by Crippen LogP contribution is -2.41.